The lowest BCUT2D eigenvalue weighted by Crippen LogP contribution is -2.42. The van der Waals surface area contributed by atoms with Crippen LogP contribution in [0.3, 0.4) is 0 Å². The molecule has 20 heavy (non-hydrogen) atoms. The van der Waals surface area contributed by atoms with Crippen LogP contribution in [0.4, 0.5) is 0 Å². The van der Waals surface area contributed by atoms with E-state index in [0.717, 1.165) is 12.3 Å². The van der Waals surface area contributed by atoms with Crippen LogP contribution >= 0.6 is 12.4 Å². The number of rotatable bonds is 4. The van der Waals surface area contributed by atoms with Crippen LogP contribution in [0, 0.1) is 11.8 Å². The average molecular weight is 301 g/mol. The molecule has 3 atom stereocenters. The fourth-order valence-corrected chi connectivity index (χ4v) is 4.49. The molecule has 2 aliphatic heterocycles. The van der Waals surface area contributed by atoms with E-state index in [2.05, 4.69) is 17.6 Å². The number of amides is 1. The third-order valence-electron chi connectivity index (χ3n) is 5.54. The summed E-state index contributed by atoms with van der Waals surface area (Å²) >= 11 is 0. The molecule has 2 N–H and O–H groups in total. The van der Waals surface area contributed by atoms with E-state index in [1.54, 1.807) is 0 Å². The van der Waals surface area contributed by atoms with Crippen LogP contribution in [0.1, 0.15) is 64.7 Å². The van der Waals surface area contributed by atoms with Gasteiger partial charge in [-0.25, -0.2) is 0 Å². The lowest BCUT2D eigenvalue weighted by Gasteiger charge is -2.29. The van der Waals surface area contributed by atoms with Gasteiger partial charge in [-0.1, -0.05) is 12.8 Å². The van der Waals surface area contributed by atoms with Gasteiger partial charge in [0.25, 0.3) is 0 Å². The Morgan fingerprint density at radius 2 is 1.75 bits per heavy atom. The maximum absolute atomic E-state index is 12.2. The second-order valence-electron chi connectivity index (χ2n) is 7.08. The van der Waals surface area contributed by atoms with Crippen molar-refractivity contribution in [1.82, 2.24) is 10.6 Å². The normalized spacial score (nSPS) is 34.5. The first-order valence-corrected chi connectivity index (χ1v) is 8.26. The monoisotopic (exact) mass is 300 g/mol. The number of fused-ring (bicyclic) bond motifs is 2. The van der Waals surface area contributed by atoms with Gasteiger partial charge >= 0.3 is 0 Å². The molecule has 2 saturated heterocycles. The van der Waals surface area contributed by atoms with Gasteiger partial charge in [0, 0.05) is 24.5 Å². The summed E-state index contributed by atoms with van der Waals surface area (Å²) in [6, 6.07) is 1.78. The van der Waals surface area contributed by atoms with Crippen LogP contribution in [0.5, 0.6) is 0 Å². The Hall–Kier alpha value is -0.280. The van der Waals surface area contributed by atoms with E-state index in [9.17, 15) is 4.79 Å². The third-order valence-corrected chi connectivity index (χ3v) is 5.54. The van der Waals surface area contributed by atoms with Crippen LogP contribution in [0.15, 0.2) is 0 Å². The van der Waals surface area contributed by atoms with Gasteiger partial charge < -0.3 is 10.6 Å². The first-order chi connectivity index (χ1) is 9.20. The minimum Gasteiger partial charge on any atom is -0.353 e. The van der Waals surface area contributed by atoms with E-state index in [1.807, 2.05) is 0 Å². The van der Waals surface area contributed by atoms with Crippen molar-refractivity contribution in [2.24, 2.45) is 11.8 Å². The number of hydrogen-bond acceptors (Lipinski definition) is 2. The van der Waals surface area contributed by atoms with Gasteiger partial charge in [-0.05, 0) is 57.3 Å². The van der Waals surface area contributed by atoms with Gasteiger partial charge in [-0.3, -0.25) is 4.79 Å². The molecule has 3 aliphatic rings. The summed E-state index contributed by atoms with van der Waals surface area (Å²) in [7, 11) is 0. The van der Waals surface area contributed by atoms with Crippen molar-refractivity contribution in [1.29, 1.82) is 0 Å². The SMILES string of the molecule is CC(NC(=O)CC1CC2CCC(C1)N2)C1CCCC1.Cl. The standard InChI is InChI=1S/C16H28N2O.ClH/c1-11(13-4-2-3-5-13)17-16(19)10-12-8-14-6-7-15(9-12)18-14;/h11-15,18H,2-10H2,1H3,(H,17,19);1H. The molecule has 3 unspecified atom stereocenters. The van der Waals surface area contributed by atoms with Gasteiger partial charge in [-0.2, -0.15) is 0 Å². The zero-order valence-electron chi connectivity index (χ0n) is 12.6. The van der Waals surface area contributed by atoms with Crippen molar-refractivity contribution in [3.63, 3.8) is 0 Å². The highest BCUT2D eigenvalue weighted by atomic mass is 35.5. The number of hydrogen-bond donors (Lipinski definition) is 2. The smallest absolute Gasteiger partial charge is 0.220 e. The molecule has 0 aromatic rings. The first kappa shape index (κ1) is 16.1. The predicted octanol–water partition coefficient (Wildman–Crippen LogP) is 3.02. The Morgan fingerprint density at radius 1 is 1.15 bits per heavy atom. The number of piperidine rings is 1. The highest BCUT2D eigenvalue weighted by Crippen LogP contribution is 2.33. The fraction of sp³-hybridized carbons (Fsp3) is 0.938. The lowest BCUT2D eigenvalue weighted by molar-refractivity contribution is -0.123. The van der Waals surface area contributed by atoms with Gasteiger partial charge in [0.05, 0.1) is 0 Å². The highest BCUT2D eigenvalue weighted by Gasteiger charge is 2.34. The Morgan fingerprint density at radius 3 is 2.35 bits per heavy atom. The molecule has 116 valence electrons. The summed E-state index contributed by atoms with van der Waals surface area (Å²) in [6.45, 7) is 2.19. The van der Waals surface area contributed by atoms with Crippen molar-refractivity contribution in [2.45, 2.75) is 82.8 Å². The fourth-order valence-electron chi connectivity index (χ4n) is 4.49. The molecule has 1 saturated carbocycles. The van der Waals surface area contributed by atoms with E-state index in [1.165, 1.54) is 51.4 Å². The topological polar surface area (TPSA) is 41.1 Å². The minimum atomic E-state index is 0. The van der Waals surface area contributed by atoms with Crippen molar-refractivity contribution in [3.8, 4) is 0 Å². The molecule has 0 spiro atoms. The molecule has 3 fully saturated rings. The van der Waals surface area contributed by atoms with Gasteiger partial charge in [0.15, 0.2) is 0 Å². The second kappa shape index (κ2) is 7.13. The predicted molar refractivity (Wildman–Crippen MR) is 84.1 cm³/mol. The average Bonchev–Trinajstić information content (AvgIpc) is 2.99. The van der Waals surface area contributed by atoms with E-state index >= 15 is 0 Å². The summed E-state index contributed by atoms with van der Waals surface area (Å²) in [5.41, 5.74) is 0. The van der Waals surface area contributed by atoms with E-state index in [4.69, 9.17) is 0 Å². The Labute approximate surface area is 129 Å². The molecule has 0 aromatic carbocycles. The Bertz CT molecular complexity index is 318. The number of halogens is 1. The molecule has 3 nitrogen and oxygen atoms in total. The summed E-state index contributed by atoms with van der Waals surface area (Å²) < 4.78 is 0. The van der Waals surface area contributed by atoms with Crippen molar-refractivity contribution < 1.29 is 4.79 Å². The summed E-state index contributed by atoms with van der Waals surface area (Å²) in [4.78, 5) is 12.2. The van der Waals surface area contributed by atoms with Crippen LogP contribution in [0.2, 0.25) is 0 Å². The summed E-state index contributed by atoms with van der Waals surface area (Å²) in [6.07, 6.45) is 11.1. The number of carbonyl (C=O) groups is 1. The Balaban J connectivity index is 0.00000147. The molecule has 0 aromatic heterocycles. The van der Waals surface area contributed by atoms with E-state index < -0.39 is 0 Å². The lowest BCUT2D eigenvalue weighted by atomic mass is 9.89. The third kappa shape index (κ3) is 3.88. The maximum atomic E-state index is 12.2. The molecule has 2 heterocycles. The molecule has 3 rings (SSSR count). The number of nitrogens with one attached hydrogen (secondary N) is 2. The largest absolute Gasteiger partial charge is 0.353 e. The van der Waals surface area contributed by atoms with Crippen LogP contribution in [-0.2, 0) is 4.79 Å². The van der Waals surface area contributed by atoms with Gasteiger partial charge in [0.2, 0.25) is 5.91 Å². The minimum absolute atomic E-state index is 0. The molecule has 1 aliphatic carbocycles. The van der Waals surface area contributed by atoms with Gasteiger partial charge in [0.1, 0.15) is 0 Å². The summed E-state index contributed by atoms with van der Waals surface area (Å²) in [5, 5.41) is 6.91. The van der Waals surface area contributed by atoms with Crippen LogP contribution < -0.4 is 10.6 Å². The quantitative estimate of drug-likeness (QED) is 0.838. The molecular weight excluding hydrogens is 272 g/mol. The van der Waals surface area contributed by atoms with Crippen molar-refractivity contribution >= 4 is 18.3 Å². The van der Waals surface area contributed by atoms with Crippen LogP contribution in [-0.4, -0.2) is 24.0 Å². The molecule has 0 radical (unpaired) electrons. The Kier molecular flexibility index (Phi) is 5.74. The van der Waals surface area contributed by atoms with Gasteiger partial charge in [-0.15, -0.1) is 12.4 Å². The molecular formula is C16H29ClN2O. The van der Waals surface area contributed by atoms with Crippen molar-refractivity contribution in [3.05, 3.63) is 0 Å². The highest BCUT2D eigenvalue weighted by molar-refractivity contribution is 5.85. The number of carbonyl (C=O) groups excluding carboxylic acids is 1. The first-order valence-electron chi connectivity index (χ1n) is 8.26. The molecule has 4 heteroatoms. The zero-order chi connectivity index (χ0) is 13.2. The molecule has 2 bridgehead atoms. The van der Waals surface area contributed by atoms with Crippen molar-refractivity contribution in [2.75, 3.05) is 0 Å². The van der Waals surface area contributed by atoms with Crippen LogP contribution in [0.25, 0.3) is 0 Å². The molecule has 1 amide bonds. The van der Waals surface area contributed by atoms with E-state index in [0.29, 0.717) is 30.0 Å². The maximum Gasteiger partial charge on any atom is 0.220 e. The zero-order valence-corrected chi connectivity index (χ0v) is 13.4. The van der Waals surface area contributed by atoms with E-state index in [-0.39, 0.29) is 12.4 Å². The second-order valence-corrected chi connectivity index (χ2v) is 7.08. The summed E-state index contributed by atoms with van der Waals surface area (Å²) in [5.74, 6) is 1.65.